The van der Waals surface area contributed by atoms with Gasteiger partial charge in [-0.3, -0.25) is 0 Å². The molecule has 2 aromatic rings. The number of hydrogen-bond acceptors (Lipinski definition) is 13. The molecule has 4 N–H and O–H groups in total. The molecule has 8 atom stereocenters. The summed E-state index contributed by atoms with van der Waals surface area (Å²) in [5, 5.41) is 49.9. The number of hydrogen-bond donors (Lipinski definition) is 4. The molecule has 4 bridgehead atoms. The number of piperidine rings is 2. The second-order valence-corrected chi connectivity index (χ2v) is 15.8. The van der Waals surface area contributed by atoms with E-state index in [-0.39, 0.29) is 12.1 Å². The zero-order valence-electron chi connectivity index (χ0n) is 31.9. The maximum absolute atomic E-state index is 12.0. The molecule has 54 heavy (non-hydrogen) atoms. The Morgan fingerprint density at radius 1 is 0.796 bits per heavy atom. The smallest absolute Gasteiger partial charge is 0.344 e. The first-order valence-corrected chi connectivity index (χ1v) is 19.2. The van der Waals surface area contributed by atoms with Gasteiger partial charge in [-0.2, -0.15) is 0 Å². The number of benzene rings is 2. The van der Waals surface area contributed by atoms with Crippen LogP contribution in [0.3, 0.4) is 0 Å². The first-order valence-electron chi connectivity index (χ1n) is 19.2. The number of carboxylic acid groups (broad SMARTS) is 1. The molecule has 14 nitrogen and oxygen atoms in total. The lowest BCUT2D eigenvalue weighted by molar-refractivity contribution is -0.161. The molecule has 4 aliphatic carbocycles. The molecule has 4 aliphatic heterocycles. The Labute approximate surface area is 315 Å². The number of nitrogens with zero attached hydrogens (tertiary/aromatic N) is 4. The minimum atomic E-state index is -1.08. The molecule has 4 fully saturated rings. The number of methoxy groups -OCH3 is 2. The van der Waals surface area contributed by atoms with Crippen LogP contribution < -0.4 is 18.9 Å². The molecule has 14 heteroatoms. The lowest BCUT2D eigenvalue weighted by atomic mass is 9.49. The van der Waals surface area contributed by atoms with E-state index in [9.17, 15) is 20.2 Å². The highest BCUT2D eigenvalue weighted by molar-refractivity contribution is 5.95. The third kappa shape index (κ3) is 4.56. The van der Waals surface area contributed by atoms with E-state index in [1.165, 1.54) is 11.1 Å². The van der Waals surface area contributed by atoms with Crippen LogP contribution in [-0.2, 0) is 33.3 Å². The average molecular weight is 749 g/mol. The van der Waals surface area contributed by atoms with E-state index in [4.69, 9.17) is 28.9 Å². The number of aliphatic carboxylic acids is 1. The van der Waals surface area contributed by atoms with Crippen molar-refractivity contribution in [2.75, 3.05) is 48.0 Å². The van der Waals surface area contributed by atoms with Crippen LogP contribution >= 0.6 is 0 Å². The van der Waals surface area contributed by atoms with E-state index in [2.05, 4.69) is 46.3 Å². The zero-order valence-corrected chi connectivity index (χ0v) is 31.9. The molecule has 292 valence electrons. The highest BCUT2D eigenvalue weighted by atomic mass is 16.6. The predicted molar refractivity (Wildman–Crippen MR) is 198 cm³/mol. The summed E-state index contributed by atoms with van der Waals surface area (Å²) in [6.07, 6.45) is 4.37. The SMILES string of the molecule is CC.COc1ccc2c3c1O[C@H]1/C(=N/OCC(=O)O)CC[C@@]4(O)C(C2)N(C)CC[C@]314.COc1ccc2c3c1O[C@H]1C(=NO)CC[C@@]4(O)C(C2)N(C)CC[C@]314. The van der Waals surface area contributed by atoms with Gasteiger partial charge in [-0.25, -0.2) is 4.79 Å². The monoisotopic (exact) mass is 748 g/mol. The number of aliphatic hydroxyl groups is 2. The number of carboxylic acids is 1. The van der Waals surface area contributed by atoms with E-state index in [0.717, 1.165) is 55.6 Å². The fourth-order valence-corrected chi connectivity index (χ4v) is 11.8. The molecule has 4 heterocycles. The molecule has 0 amide bonds. The Kier molecular flexibility index (Phi) is 8.87. The Balaban J connectivity index is 0.000000148. The molecular weight excluding hydrogens is 696 g/mol. The van der Waals surface area contributed by atoms with Crippen molar-refractivity contribution >= 4 is 17.4 Å². The number of likely N-dealkylation sites (tertiary alicyclic amines) is 2. The average Bonchev–Trinajstić information content (AvgIpc) is 3.71. The van der Waals surface area contributed by atoms with Crippen LogP contribution in [0.5, 0.6) is 23.0 Å². The van der Waals surface area contributed by atoms with Crippen molar-refractivity contribution in [3.63, 3.8) is 0 Å². The number of oxime groups is 2. The molecule has 8 aliphatic rings. The number of carbonyl (C=O) groups is 1. The van der Waals surface area contributed by atoms with Crippen molar-refractivity contribution in [2.24, 2.45) is 10.3 Å². The summed E-state index contributed by atoms with van der Waals surface area (Å²) in [5.74, 6) is 1.66. The fraction of sp³-hybridized carbons (Fsp3) is 0.625. The van der Waals surface area contributed by atoms with Gasteiger partial charge in [-0.05, 0) is 102 Å². The summed E-state index contributed by atoms with van der Waals surface area (Å²) in [6.45, 7) is 5.23. The van der Waals surface area contributed by atoms with Crippen LogP contribution in [0.4, 0.5) is 0 Å². The standard InChI is InChI=1S/C20H24N2O6.C18H22N2O4.C2H6/c1-22-8-7-19-16-11-3-4-13(26-2)17(16)28-18(19)12(21-27-10-15(23)24)5-6-20(19,25)14(22)9-11;1-20-8-7-17-14-10-3-4-12(23-2)15(14)24-16(17)11(19-22)5-6-18(17,21)13(20)9-10;1-2/h3-4,14,18,25H,5-10H2,1-2H3,(H,23,24);3-4,13,16,21-22H,5-9H2,1-2H3;1-2H3/b21-12+;;/t14?,18-,19-,20+;13?,16-,17-,18+;/m00./s1. The van der Waals surface area contributed by atoms with Crippen LogP contribution in [0.15, 0.2) is 34.6 Å². The summed E-state index contributed by atoms with van der Waals surface area (Å²) >= 11 is 0. The maximum atomic E-state index is 12.0. The van der Waals surface area contributed by atoms with Gasteiger partial charge >= 0.3 is 5.97 Å². The molecule has 2 spiro atoms. The van der Waals surface area contributed by atoms with E-state index < -0.39 is 46.8 Å². The van der Waals surface area contributed by atoms with Crippen molar-refractivity contribution in [1.29, 1.82) is 0 Å². The van der Waals surface area contributed by atoms with Gasteiger partial charge in [0.1, 0.15) is 0 Å². The molecule has 2 saturated heterocycles. The Bertz CT molecular complexity index is 1920. The normalized spacial score (nSPS) is 37.3. The van der Waals surface area contributed by atoms with Gasteiger partial charge in [0.2, 0.25) is 6.61 Å². The highest BCUT2D eigenvalue weighted by Crippen LogP contribution is 2.66. The first kappa shape index (κ1) is 36.8. The molecule has 10 rings (SSSR count). The van der Waals surface area contributed by atoms with Crippen molar-refractivity contribution in [3.05, 3.63) is 46.5 Å². The van der Waals surface area contributed by atoms with Gasteiger partial charge in [-0.15, -0.1) is 0 Å². The van der Waals surface area contributed by atoms with Gasteiger partial charge in [0.05, 0.1) is 47.7 Å². The van der Waals surface area contributed by atoms with Gasteiger partial charge in [0.15, 0.2) is 35.2 Å². The number of ether oxygens (including phenoxy) is 4. The van der Waals surface area contributed by atoms with Crippen LogP contribution in [-0.4, -0.2) is 131 Å². The quantitative estimate of drug-likeness (QED) is 0.260. The zero-order chi connectivity index (χ0) is 38.4. The Morgan fingerprint density at radius 3 is 1.70 bits per heavy atom. The molecule has 2 saturated carbocycles. The minimum Gasteiger partial charge on any atom is -0.493 e. The summed E-state index contributed by atoms with van der Waals surface area (Å²) < 4.78 is 23.8. The fourth-order valence-electron chi connectivity index (χ4n) is 11.8. The highest BCUT2D eigenvalue weighted by Gasteiger charge is 2.74. The third-order valence-electron chi connectivity index (χ3n) is 14.0. The maximum Gasteiger partial charge on any atom is 0.344 e. The second-order valence-electron chi connectivity index (χ2n) is 15.8. The van der Waals surface area contributed by atoms with Crippen LogP contribution in [0, 0.1) is 0 Å². The van der Waals surface area contributed by atoms with Crippen molar-refractivity contribution in [2.45, 2.75) is 112 Å². The van der Waals surface area contributed by atoms with Crippen LogP contribution in [0.2, 0.25) is 0 Å². The van der Waals surface area contributed by atoms with E-state index in [1.54, 1.807) is 14.2 Å². The largest absolute Gasteiger partial charge is 0.493 e. The van der Waals surface area contributed by atoms with Crippen molar-refractivity contribution in [3.8, 4) is 23.0 Å². The summed E-state index contributed by atoms with van der Waals surface area (Å²) in [6, 6.07) is 8.09. The third-order valence-corrected chi connectivity index (χ3v) is 14.0. The summed E-state index contributed by atoms with van der Waals surface area (Å²) in [7, 11) is 7.40. The topological polar surface area (TPSA) is 175 Å². The lowest BCUT2D eigenvalue weighted by Gasteiger charge is -2.62. The minimum absolute atomic E-state index is 0.000632. The van der Waals surface area contributed by atoms with E-state index >= 15 is 0 Å². The number of likely N-dealkylation sites (N-methyl/N-ethyl adjacent to an activating group) is 2. The van der Waals surface area contributed by atoms with Gasteiger partial charge in [-0.1, -0.05) is 36.3 Å². The number of rotatable bonds is 5. The van der Waals surface area contributed by atoms with E-state index in [1.807, 2.05) is 26.0 Å². The Morgan fingerprint density at radius 2 is 1.26 bits per heavy atom. The molecule has 2 unspecified atom stereocenters. The second kappa shape index (κ2) is 13.0. The molecule has 0 radical (unpaired) electrons. The van der Waals surface area contributed by atoms with Gasteiger partial charge in [0, 0.05) is 23.2 Å². The molecule has 2 aromatic carbocycles. The van der Waals surface area contributed by atoms with Crippen LogP contribution in [0.25, 0.3) is 0 Å². The Hall–Kier alpha value is -4.11. The van der Waals surface area contributed by atoms with Gasteiger partial charge in [0.25, 0.3) is 0 Å². The van der Waals surface area contributed by atoms with Crippen molar-refractivity contribution < 1.29 is 49.1 Å². The first-order chi connectivity index (χ1) is 26.0. The predicted octanol–water partition coefficient (Wildman–Crippen LogP) is 3.27. The molecular formula is C40H52N4O10. The summed E-state index contributed by atoms with van der Waals surface area (Å²) in [5.41, 5.74) is 2.82. The summed E-state index contributed by atoms with van der Waals surface area (Å²) in [4.78, 5) is 20.4. The molecule has 0 aromatic heterocycles. The lowest BCUT2D eigenvalue weighted by Crippen LogP contribution is -2.76. The van der Waals surface area contributed by atoms with Crippen LogP contribution in [0.1, 0.15) is 74.6 Å². The van der Waals surface area contributed by atoms with Gasteiger partial charge < -0.3 is 54.1 Å². The van der Waals surface area contributed by atoms with E-state index in [0.29, 0.717) is 54.4 Å². The van der Waals surface area contributed by atoms with Crippen molar-refractivity contribution in [1.82, 2.24) is 9.80 Å².